The number of nitrogens with zero attached hydrogens (tertiary/aromatic N) is 1. The molecule has 0 bridgehead atoms. The minimum Gasteiger partial charge on any atom is -0.370 e. The molecule has 0 aromatic heterocycles. The SMILES string of the molecule is NC(=N[C@@H]1C[C@H]1C1CCC1)Nc1ccccc1. The summed E-state index contributed by atoms with van der Waals surface area (Å²) < 4.78 is 0. The lowest BCUT2D eigenvalue weighted by atomic mass is 9.81. The van der Waals surface area contributed by atoms with E-state index in [1.54, 1.807) is 0 Å². The number of guanidine groups is 1. The molecule has 1 aromatic rings. The van der Waals surface area contributed by atoms with Crippen LogP contribution in [0.2, 0.25) is 0 Å². The Labute approximate surface area is 102 Å². The number of hydrogen-bond donors (Lipinski definition) is 2. The Morgan fingerprint density at radius 1 is 1.24 bits per heavy atom. The van der Waals surface area contributed by atoms with Gasteiger partial charge in [0.15, 0.2) is 5.96 Å². The van der Waals surface area contributed by atoms with Gasteiger partial charge in [0.25, 0.3) is 0 Å². The Balaban J connectivity index is 1.54. The fraction of sp³-hybridized carbons (Fsp3) is 0.500. The third-order valence-corrected chi connectivity index (χ3v) is 3.91. The average molecular weight is 229 g/mol. The van der Waals surface area contributed by atoms with Gasteiger partial charge in [-0.3, -0.25) is 0 Å². The highest BCUT2D eigenvalue weighted by Crippen LogP contribution is 2.48. The van der Waals surface area contributed by atoms with Crippen LogP contribution in [0.3, 0.4) is 0 Å². The molecule has 2 aliphatic carbocycles. The molecular formula is C14H19N3. The van der Waals surface area contributed by atoms with E-state index in [4.69, 9.17) is 5.73 Å². The van der Waals surface area contributed by atoms with E-state index in [0.29, 0.717) is 12.0 Å². The predicted octanol–water partition coefficient (Wildman–Crippen LogP) is 2.60. The fourth-order valence-electron chi connectivity index (χ4n) is 2.60. The zero-order chi connectivity index (χ0) is 11.7. The summed E-state index contributed by atoms with van der Waals surface area (Å²) in [5, 5.41) is 3.14. The predicted molar refractivity (Wildman–Crippen MR) is 70.9 cm³/mol. The van der Waals surface area contributed by atoms with Gasteiger partial charge in [-0.15, -0.1) is 0 Å². The van der Waals surface area contributed by atoms with Crippen LogP contribution in [0.5, 0.6) is 0 Å². The van der Waals surface area contributed by atoms with Crippen LogP contribution in [0.4, 0.5) is 5.69 Å². The molecule has 2 atom stereocenters. The van der Waals surface area contributed by atoms with Crippen LogP contribution >= 0.6 is 0 Å². The fourth-order valence-corrected chi connectivity index (χ4v) is 2.60. The third-order valence-electron chi connectivity index (χ3n) is 3.91. The lowest BCUT2D eigenvalue weighted by molar-refractivity contribution is 0.274. The van der Waals surface area contributed by atoms with E-state index in [-0.39, 0.29) is 0 Å². The Morgan fingerprint density at radius 3 is 2.65 bits per heavy atom. The van der Waals surface area contributed by atoms with Gasteiger partial charge in [0.1, 0.15) is 0 Å². The molecule has 1 aromatic carbocycles. The van der Waals surface area contributed by atoms with Crippen molar-refractivity contribution in [1.82, 2.24) is 0 Å². The molecule has 0 radical (unpaired) electrons. The molecule has 17 heavy (non-hydrogen) atoms. The second-order valence-electron chi connectivity index (χ2n) is 5.16. The monoisotopic (exact) mass is 229 g/mol. The molecule has 2 fully saturated rings. The summed E-state index contributed by atoms with van der Waals surface area (Å²) in [5.74, 6) is 2.32. The summed E-state index contributed by atoms with van der Waals surface area (Å²) in [5.41, 5.74) is 6.92. The normalized spacial score (nSPS) is 28.6. The van der Waals surface area contributed by atoms with E-state index in [9.17, 15) is 0 Å². The van der Waals surface area contributed by atoms with E-state index in [2.05, 4.69) is 10.3 Å². The molecule has 3 heteroatoms. The molecule has 0 saturated heterocycles. The number of anilines is 1. The van der Waals surface area contributed by atoms with Gasteiger partial charge in [-0.05, 0) is 30.4 Å². The summed E-state index contributed by atoms with van der Waals surface area (Å²) in [6.07, 6.45) is 5.46. The molecule has 2 aliphatic rings. The molecule has 0 aliphatic heterocycles. The topological polar surface area (TPSA) is 50.4 Å². The first-order valence-corrected chi connectivity index (χ1v) is 6.48. The highest BCUT2D eigenvalue weighted by Gasteiger charge is 2.45. The number of aliphatic imine (C=N–C) groups is 1. The van der Waals surface area contributed by atoms with Gasteiger partial charge in [-0.25, -0.2) is 4.99 Å². The van der Waals surface area contributed by atoms with E-state index < -0.39 is 0 Å². The molecule has 0 spiro atoms. The summed E-state index contributed by atoms with van der Waals surface area (Å²) in [6, 6.07) is 10.5. The van der Waals surface area contributed by atoms with Crippen molar-refractivity contribution < 1.29 is 0 Å². The number of nitrogens with one attached hydrogen (secondary N) is 1. The van der Waals surface area contributed by atoms with Crippen molar-refractivity contribution in [2.75, 3.05) is 5.32 Å². The first kappa shape index (κ1) is 10.6. The van der Waals surface area contributed by atoms with Crippen molar-refractivity contribution in [2.45, 2.75) is 31.7 Å². The average Bonchev–Trinajstić information content (AvgIpc) is 2.95. The van der Waals surface area contributed by atoms with Crippen LogP contribution in [0.1, 0.15) is 25.7 Å². The Hall–Kier alpha value is -1.51. The molecule has 0 heterocycles. The summed E-state index contributed by atoms with van der Waals surface area (Å²) in [7, 11) is 0. The van der Waals surface area contributed by atoms with Crippen molar-refractivity contribution in [3.8, 4) is 0 Å². The molecule has 0 amide bonds. The number of rotatable bonds is 3. The van der Waals surface area contributed by atoms with Gasteiger partial charge in [0.05, 0.1) is 6.04 Å². The molecule has 2 saturated carbocycles. The van der Waals surface area contributed by atoms with Crippen molar-refractivity contribution in [3.63, 3.8) is 0 Å². The van der Waals surface area contributed by atoms with Gasteiger partial charge >= 0.3 is 0 Å². The summed E-state index contributed by atoms with van der Waals surface area (Å²) in [4.78, 5) is 4.55. The largest absolute Gasteiger partial charge is 0.370 e. The third kappa shape index (κ3) is 2.43. The molecule has 0 unspecified atom stereocenters. The van der Waals surface area contributed by atoms with Crippen molar-refractivity contribution >= 4 is 11.6 Å². The highest BCUT2D eigenvalue weighted by atomic mass is 15.1. The standard InChI is InChI=1S/C14H19N3/c15-14(16-11-7-2-1-3-8-11)17-13-9-12(13)10-5-4-6-10/h1-3,7-8,10,12-13H,4-6,9H2,(H3,15,16,17)/t12-,13+/m0/s1. The van der Waals surface area contributed by atoms with Crippen molar-refractivity contribution in [3.05, 3.63) is 30.3 Å². The van der Waals surface area contributed by atoms with E-state index in [1.807, 2.05) is 30.3 Å². The number of benzene rings is 1. The van der Waals surface area contributed by atoms with Crippen LogP contribution in [0, 0.1) is 11.8 Å². The van der Waals surface area contributed by atoms with Gasteiger partial charge in [0.2, 0.25) is 0 Å². The van der Waals surface area contributed by atoms with E-state index in [0.717, 1.165) is 17.5 Å². The number of nitrogens with two attached hydrogens (primary N) is 1. The summed E-state index contributed by atoms with van der Waals surface area (Å²) >= 11 is 0. The zero-order valence-corrected chi connectivity index (χ0v) is 9.97. The number of para-hydroxylation sites is 1. The minimum atomic E-state index is 0.483. The second-order valence-corrected chi connectivity index (χ2v) is 5.16. The maximum Gasteiger partial charge on any atom is 0.193 e. The maximum absolute atomic E-state index is 5.91. The summed E-state index contributed by atoms with van der Waals surface area (Å²) in [6.45, 7) is 0. The first-order chi connectivity index (χ1) is 8.33. The minimum absolute atomic E-state index is 0.483. The molecule has 3 N–H and O–H groups in total. The zero-order valence-electron chi connectivity index (χ0n) is 9.97. The Bertz CT molecular complexity index is 409. The van der Waals surface area contributed by atoms with Gasteiger partial charge in [-0.1, -0.05) is 37.5 Å². The molecule has 3 rings (SSSR count). The number of hydrogen-bond acceptors (Lipinski definition) is 1. The van der Waals surface area contributed by atoms with Gasteiger partial charge in [0, 0.05) is 5.69 Å². The Morgan fingerprint density at radius 2 is 2.00 bits per heavy atom. The quantitative estimate of drug-likeness (QED) is 0.618. The van der Waals surface area contributed by atoms with Gasteiger partial charge < -0.3 is 11.1 Å². The van der Waals surface area contributed by atoms with Crippen molar-refractivity contribution in [1.29, 1.82) is 0 Å². The first-order valence-electron chi connectivity index (χ1n) is 6.48. The van der Waals surface area contributed by atoms with E-state index >= 15 is 0 Å². The van der Waals surface area contributed by atoms with Crippen LogP contribution in [-0.4, -0.2) is 12.0 Å². The van der Waals surface area contributed by atoms with Crippen molar-refractivity contribution in [2.24, 2.45) is 22.6 Å². The lowest BCUT2D eigenvalue weighted by Crippen LogP contribution is -2.23. The second kappa shape index (κ2) is 4.40. The smallest absolute Gasteiger partial charge is 0.193 e. The van der Waals surface area contributed by atoms with Crippen LogP contribution < -0.4 is 11.1 Å². The maximum atomic E-state index is 5.91. The lowest BCUT2D eigenvalue weighted by Gasteiger charge is -2.25. The van der Waals surface area contributed by atoms with Crippen LogP contribution in [0.15, 0.2) is 35.3 Å². The molecule has 3 nitrogen and oxygen atoms in total. The highest BCUT2D eigenvalue weighted by molar-refractivity contribution is 5.92. The Kier molecular flexibility index (Phi) is 2.75. The van der Waals surface area contributed by atoms with Gasteiger partial charge in [-0.2, -0.15) is 0 Å². The molecule has 90 valence electrons. The van der Waals surface area contributed by atoms with Crippen LogP contribution in [-0.2, 0) is 0 Å². The molecular weight excluding hydrogens is 210 g/mol. The van der Waals surface area contributed by atoms with E-state index in [1.165, 1.54) is 25.7 Å². The van der Waals surface area contributed by atoms with Crippen LogP contribution in [0.25, 0.3) is 0 Å².